The molecule has 0 aliphatic carbocycles. The maximum absolute atomic E-state index is 13.5. The number of thioether (sulfide) groups is 1. The zero-order valence-corrected chi connectivity index (χ0v) is 23.5. The number of sulfone groups is 1. The molecule has 2 N–H and O–H groups in total. The summed E-state index contributed by atoms with van der Waals surface area (Å²) in [5.41, 5.74) is 2.95. The van der Waals surface area contributed by atoms with Crippen molar-refractivity contribution in [2.45, 2.75) is 52.9 Å². The number of unbranched alkanes of at least 4 members (excludes halogenated alkanes) is 1. The SMILES string of the molecule is COc1ccc(SC(CCCCc2ccccc2)C(C(=O)NO)C(C)S(=O)(=O)c2ccccc2)cc1OC. The summed E-state index contributed by atoms with van der Waals surface area (Å²) in [5.74, 6) is -0.632. The number of carbonyl (C=O) groups is 1. The molecule has 7 nitrogen and oxygen atoms in total. The highest BCUT2D eigenvalue weighted by molar-refractivity contribution is 8.00. The standard InChI is InChI=1S/C29H35NO6S2/c1-21(38(33,34)24-15-8-5-9-16-24)28(29(31)30-32)27(17-11-10-14-22-12-6-4-7-13-22)37-23-18-19-25(35-2)26(20-23)36-3/h4-9,12-13,15-16,18-21,27-28,32H,10-11,14,17H2,1-3H3,(H,30,31). The number of methoxy groups -OCH3 is 2. The summed E-state index contributed by atoms with van der Waals surface area (Å²) in [7, 11) is -0.759. The van der Waals surface area contributed by atoms with Gasteiger partial charge in [-0.15, -0.1) is 11.8 Å². The first kappa shape index (κ1) is 29.5. The molecular weight excluding hydrogens is 522 g/mol. The van der Waals surface area contributed by atoms with Gasteiger partial charge in [0.2, 0.25) is 5.91 Å². The van der Waals surface area contributed by atoms with Crippen LogP contribution in [-0.4, -0.2) is 44.3 Å². The zero-order valence-electron chi connectivity index (χ0n) is 21.9. The van der Waals surface area contributed by atoms with Gasteiger partial charge in [0, 0.05) is 10.1 Å². The van der Waals surface area contributed by atoms with Crippen LogP contribution in [-0.2, 0) is 21.1 Å². The molecule has 204 valence electrons. The number of carbonyl (C=O) groups excluding carboxylic acids is 1. The van der Waals surface area contributed by atoms with E-state index in [-0.39, 0.29) is 4.90 Å². The van der Waals surface area contributed by atoms with Crippen LogP contribution in [0.15, 0.2) is 88.7 Å². The maximum atomic E-state index is 13.5. The van der Waals surface area contributed by atoms with E-state index in [1.54, 1.807) is 44.0 Å². The molecule has 0 bridgehead atoms. The number of hydrogen-bond acceptors (Lipinski definition) is 7. The Hall–Kier alpha value is -3.01. The fourth-order valence-corrected chi connectivity index (χ4v) is 7.70. The average Bonchev–Trinajstić information content (AvgIpc) is 2.95. The summed E-state index contributed by atoms with van der Waals surface area (Å²) < 4.78 is 37.9. The van der Waals surface area contributed by atoms with Gasteiger partial charge in [0.05, 0.1) is 30.3 Å². The van der Waals surface area contributed by atoms with E-state index in [9.17, 15) is 18.4 Å². The van der Waals surface area contributed by atoms with Crippen LogP contribution in [0.2, 0.25) is 0 Å². The molecule has 3 unspecified atom stereocenters. The van der Waals surface area contributed by atoms with Crippen LogP contribution < -0.4 is 15.0 Å². The second-order valence-corrected chi connectivity index (χ2v) is 12.6. The van der Waals surface area contributed by atoms with E-state index >= 15 is 0 Å². The summed E-state index contributed by atoms with van der Waals surface area (Å²) in [5, 5.41) is 8.12. The summed E-state index contributed by atoms with van der Waals surface area (Å²) in [6, 6.07) is 23.7. The molecule has 0 heterocycles. The highest BCUT2D eigenvalue weighted by Crippen LogP contribution is 2.39. The molecular formula is C29H35NO6S2. The van der Waals surface area contributed by atoms with Crippen LogP contribution in [0, 0.1) is 5.92 Å². The topological polar surface area (TPSA) is 102 Å². The predicted octanol–water partition coefficient (Wildman–Crippen LogP) is 5.56. The lowest BCUT2D eigenvalue weighted by atomic mass is 9.95. The van der Waals surface area contributed by atoms with Crippen molar-refractivity contribution >= 4 is 27.5 Å². The first-order valence-corrected chi connectivity index (χ1v) is 14.9. The third kappa shape index (κ3) is 7.52. The van der Waals surface area contributed by atoms with Crippen LogP contribution in [0.3, 0.4) is 0 Å². The molecule has 3 aromatic rings. The predicted molar refractivity (Wildman–Crippen MR) is 150 cm³/mol. The number of amides is 1. The van der Waals surface area contributed by atoms with Crippen molar-refractivity contribution in [2.75, 3.05) is 14.2 Å². The zero-order chi connectivity index (χ0) is 27.5. The van der Waals surface area contributed by atoms with Gasteiger partial charge in [0.25, 0.3) is 0 Å². The third-order valence-electron chi connectivity index (χ3n) is 6.57. The van der Waals surface area contributed by atoms with E-state index in [2.05, 4.69) is 12.1 Å². The normalized spacial score (nSPS) is 13.8. The molecule has 0 fully saturated rings. The molecule has 1 amide bonds. The van der Waals surface area contributed by atoms with E-state index in [1.165, 1.54) is 36.4 Å². The van der Waals surface area contributed by atoms with Gasteiger partial charge in [-0.2, -0.15) is 0 Å². The molecule has 0 radical (unpaired) electrons. The lowest BCUT2D eigenvalue weighted by molar-refractivity contribution is -0.133. The monoisotopic (exact) mass is 557 g/mol. The Morgan fingerprint density at radius 3 is 2.16 bits per heavy atom. The van der Waals surface area contributed by atoms with Crippen molar-refractivity contribution < 1.29 is 27.9 Å². The minimum absolute atomic E-state index is 0.141. The van der Waals surface area contributed by atoms with Crippen LogP contribution in [0.25, 0.3) is 0 Å². The van der Waals surface area contributed by atoms with Gasteiger partial charge in [-0.05, 0) is 62.1 Å². The Bertz CT molecular complexity index is 1270. The van der Waals surface area contributed by atoms with Crippen LogP contribution >= 0.6 is 11.8 Å². The number of nitrogens with one attached hydrogen (secondary N) is 1. The average molecular weight is 558 g/mol. The van der Waals surface area contributed by atoms with Crippen LogP contribution in [0.1, 0.15) is 31.7 Å². The van der Waals surface area contributed by atoms with Crippen molar-refractivity contribution in [1.29, 1.82) is 0 Å². The molecule has 38 heavy (non-hydrogen) atoms. The fourth-order valence-electron chi connectivity index (χ4n) is 4.47. The van der Waals surface area contributed by atoms with Crippen molar-refractivity contribution in [3.05, 3.63) is 84.4 Å². The van der Waals surface area contributed by atoms with Gasteiger partial charge in [-0.1, -0.05) is 55.0 Å². The molecule has 0 saturated heterocycles. The smallest absolute Gasteiger partial charge is 0.248 e. The number of hydrogen-bond donors (Lipinski definition) is 2. The molecule has 0 saturated carbocycles. The maximum Gasteiger partial charge on any atom is 0.248 e. The lowest BCUT2D eigenvalue weighted by Gasteiger charge is -2.30. The van der Waals surface area contributed by atoms with Gasteiger partial charge in [0.15, 0.2) is 21.3 Å². The van der Waals surface area contributed by atoms with Gasteiger partial charge >= 0.3 is 0 Å². The van der Waals surface area contributed by atoms with Crippen molar-refractivity contribution in [2.24, 2.45) is 5.92 Å². The Balaban J connectivity index is 1.91. The Morgan fingerprint density at radius 1 is 0.921 bits per heavy atom. The number of hydroxylamine groups is 1. The van der Waals surface area contributed by atoms with Gasteiger partial charge in [-0.25, -0.2) is 13.9 Å². The summed E-state index contributed by atoms with van der Waals surface area (Å²) >= 11 is 1.40. The number of ether oxygens (including phenoxy) is 2. The van der Waals surface area contributed by atoms with Crippen LogP contribution in [0.4, 0.5) is 0 Å². The van der Waals surface area contributed by atoms with Crippen molar-refractivity contribution in [3.8, 4) is 11.5 Å². The summed E-state index contributed by atoms with van der Waals surface area (Å²) in [6.07, 6.45) is 3.09. The number of aryl methyl sites for hydroxylation is 1. The van der Waals surface area contributed by atoms with Gasteiger partial charge < -0.3 is 9.47 Å². The quantitative estimate of drug-likeness (QED) is 0.116. The van der Waals surface area contributed by atoms with E-state index in [0.717, 1.165) is 24.2 Å². The van der Waals surface area contributed by atoms with E-state index in [4.69, 9.17) is 9.47 Å². The number of rotatable bonds is 14. The molecule has 3 rings (SSSR count). The Morgan fingerprint density at radius 2 is 1.55 bits per heavy atom. The second-order valence-electron chi connectivity index (χ2n) is 8.97. The first-order valence-electron chi connectivity index (χ1n) is 12.5. The summed E-state index contributed by atoms with van der Waals surface area (Å²) in [6.45, 7) is 1.54. The van der Waals surface area contributed by atoms with E-state index in [0.29, 0.717) is 17.9 Å². The second kappa shape index (κ2) is 14.2. The van der Waals surface area contributed by atoms with Gasteiger partial charge in [0.1, 0.15) is 0 Å². The molecule has 0 spiro atoms. The molecule has 0 aliphatic rings. The Labute approximate surface area is 229 Å². The van der Waals surface area contributed by atoms with Crippen molar-refractivity contribution in [3.63, 3.8) is 0 Å². The molecule has 3 aromatic carbocycles. The number of benzene rings is 3. The molecule has 0 aliphatic heterocycles. The highest BCUT2D eigenvalue weighted by atomic mass is 32.2. The minimum atomic E-state index is -3.86. The van der Waals surface area contributed by atoms with Crippen molar-refractivity contribution in [1.82, 2.24) is 5.48 Å². The third-order valence-corrected chi connectivity index (χ3v) is 10.1. The first-order chi connectivity index (χ1) is 18.3. The van der Waals surface area contributed by atoms with E-state index < -0.39 is 32.2 Å². The molecule has 0 aromatic heterocycles. The van der Waals surface area contributed by atoms with Gasteiger partial charge in [-0.3, -0.25) is 10.0 Å². The van der Waals surface area contributed by atoms with E-state index in [1.807, 2.05) is 30.3 Å². The largest absolute Gasteiger partial charge is 0.493 e. The lowest BCUT2D eigenvalue weighted by Crippen LogP contribution is -2.44. The molecule has 9 heteroatoms. The molecule has 3 atom stereocenters. The minimum Gasteiger partial charge on any atom is -0.493 e. The van der Waals surface area contributed by atoms with Crippen LogP contribution in [0.5, 0.6) is 11.5 Å². The highest BCUT2D eigenvalue weighted by Gasteiger charge is 2.41. The Kier molecular flexibility index (Phi) is 11.1. The summed E-state index contributed by atoms with van der Waals surface area (Å²) in [4.78, 5) is 14.0. The fraction of sp³-hybridized carbons (Fsp3) is 0.345.